The average molecular weight is 593 g/mol. The molecule has 39 heavy (non-hydrogen) atoms. The van der Waals surface area contributed by atoms with Crippen LogP contribution in [0.5, 0.6) is 5.75 Å². The Hall–Kier alpha value is -3.27. The van der Waals surface area contributed by atoms with Gasteiger partial charge in [-0.3, -0.25) is 13.9 Å². The summed E-state index contributed by atoms with van der Waals surface area (Å²) in [6, 6.07) is 18.3. The van der Waals surface area contributed by atoms with Crippen LogP contribution in [-0.2, 0) is 26.2 Å². The summed E-state index contributed by atoms with van der Waals surface area (Å²) in [7, 11) is -2.69. The number of likely N-dealkylation sites (N-methyl/N-ethyl adjacent to an activating group) is 1. The minimum atomic E-state index is -4.17. The zero-order chi connectivity index (χ0) is 28.6. The Balaban J connectivity index is 2.05. The predicted octanol–water partition coefficient (Wildman–Crippen LogP) is 5.14. The molecular weight excluding hydrogens is 561 g/mol. The highest BCUT2D eigenvalue weighted by Crippen LogP contribution is 2.27. The van der Waals surface area contributed by atoms with Crippen LogP contribution in [-0.4, -0.2) is 51.4 Å². The number of carbonyl (C=O) groups excluding carboxylic acids is 2. The molecule has 0 spiro atoms. The normalized spacial score (nSPS) is 11.9. The lowest BCUT2D eigenvalue weighted by molar-refractivity contribution is -0.140. The Labute approximate surface area is 239 Å². The molecule has 8 nitrogen and oxygen atoms in total. The summed E-state index contributed by atoms with van der Waals surface area (Å²) in [4.78, 5) is 28.3. The maximum absolute atomic E-state index is 13.9. The number of anilines is 1. The molecule has 0 bridgehead atoms. The molecule has 3 aromatic carbocycles. The van der Waals surface area contributed by atoms with E-state index in [0.717, 1.165) is 4.31 Å². The number of para-hydroxylation sites is 1. The Morgan fingerprint density at radius 3 is 2.21 bits per heavy atom. The highest BCUT2D eigenvalue weighted by molar-refractivity contribution is 7.92. The highest BCUT2D eigenvalue weighted by atomic mass is 35.5. The summed E-state index contributed by atoms with van der Waals surface area (Å²) in [5.41, 5.74) is 0.874. The van der Waals surface area contributed by atoms with Crippen molar-refractivity contribution in [3.63, 3.8) is 0 Å². The lowest BCUT2D eigenvalue weighted by atomic mass is 10.1. The van der Waals surface area contributed by atoms with Crippen LogP contribution in [0.3, 0.4) is 0 Å². The summed E-state index contributed by atoms with van der Waals surface area (Å²) in [5, 5.41) is 3.52. The van der Waals surface area contributed by atoms with E-state index in [4.69, 9.17) is 27.9 Å². The third kappa shape index (κ3) is 7.44. The molecule has 3 aromatic rings. The van der Waals surface area contributed by atoms with Crippen molar-refractivity contribution in [1.82, 2.24) is 10.2 Å². The molecule has 0 saturated carbocycles. The second kappa shape index (κ2) is 13.7. The van der Waals surface area contributed by atoms with Crippen molar-refractivity contribution in [3.8, 4) is 5.75 Å². The topological polar surface area (TPSA) is 96.0 Å². The fourth-order valence-electron chi connectivity index (χ4n) is 4.04. The zero-order valence-electron chi connectivity index (χ0n) is 21.9. The van der Waals surface area contributed by atoms with Gasteiger partial charge in [0, 0.05) is 23.1 Å². The van der Waals surface area contributed by atoms with Crippen molar-refractivity contribution in [2.24, 2.45) is 0 Å². The quantitative estimate of drug-likeness (QED) is 0.314. The number of hydrogen-bond acceptors (Lipinski definition) is 5. The second-order valence-corrected chi connectivity index (χ2v) is 11.3. The smallest absolute Gasteiger partial charge is 0.264 e. The van der Waals surface area contributed by atoms with Gasteiger partial charge in [-0.2, -0.15) is 0 Å². The molecule has 0 radical (unpaired) electrons. The van der Waals surface area contributed by atoms with Gasteiger partial charge in [0.15, 0.2) is 0 Å². The first-order chi connectivity index (χ1) is 18.6. The number of nitrogens with zero attached hydrogens (tertiary/aromatic N) is 2. The van der Waals surface area contributed by atoms with E-state index >= 15 is 0 Å². The third-order valence-electron chi connectivity index (χ3n) is 6.06. The monoisotopic (exact) mass is 591 g/mol. The van der Waals surface area contributed by atoms with Crippen LogP contribution in [0.4, 0.5) is 5.69 Å². The maximum atomic E-state index is 13.9. The first-order valence-corrected chi connectivity index (χ1v) is 14.5. The van der Waals surface area contributed by atoms with E-state index in [1.165, 1.54) is 36.3 Å². The van der Waals surface area contributed by atoms with Gasteiger partial charge >= 0.3 is 0 Å². The molecule has 11 heteroatoms. The molecule has 0 aliphatic heterocycles. The molecule has 0 aliphatic rings. The second-order valence-electron chi connectivity index (χ2n) is 8.60. The highest BCUT2D eigenvalue weighted by Gasteiger charge is 2.33. The standard InChI is InChI=1S/C28H31Cl2N3O5S/c1-4-26(28(35)31-5-2)32(18-20-11-12-21(29)17-25(20)30)27(34)19-33(22-9-7-6-8-10-22)39(36,37)24-15-13-23(38-3)14-16-24/h6-17,26H,4-5,18-19H2,1-3H3,(H,31,35)/t26-/m0/s1. The van der Waals surface area contributed by atoms with Gasteiger partial charge in [-0.1, -0.05) is 54.4 Å². The van der Waals surface area contributed by atoms with E-state index < -0.39 is 28.5 Å². The van der Waals surface area contributed by atoms with E-state index in [1.54, 1.807) is 62.4 Å². The van der Waals surface area contributed by atoms with Gasteiger partial charge in [0.25, 0.3) is 10.0 Å². The number of methoxy groups -OCH3 is 1. The number of benzene rings is 3. The predicted molar refractivity (Wildman–Crippen MR) is 154 cm³/mol. The van der Waals surface area contributed by atoms with Crippen molar-refractivity contribution < 1.29 is 22.7 Å². The van der Waals surface area contributed by atoms with Crippen molar-refractivity contribution in [2.45, 2.75) is 37.8 Å². The summed E-state index contributed by atoms with van der Waals surface area (Å²) in [6.07, 6.45) is 0.305. The number of nitrogens with one attached hydrogen (secondary N) is 1. The number of amides is 2. The van der Waals surface area contributed by atoms with Crippen LogP contribution in [0.1, 0.15) is 25.8 Å². The van der Waals surface area contributed by atoms with Gasteiger partial charge < -0.3 is 15.0 Å². The Bertz CT molecular complexity index is 1390. The van der Waals surface area contributed by atoms with Gasteiger partial charge in [0.1, 0.15) is 18.3 Å². The molecule has 0 unspecified atom stereocenters. The number of carbonyl (C=O) groups is 2. The largest absolute Gasteiger partial charge is 0.497 e. The van der Waals surface area contributed by atoms with Crippen molar-refractivity contribution >= 4 is 50.7 Å². The van der Waals surface area contributed by atoms with E-state index in [0.29, 0.717) is 40.0 Å². The Kier molecular flexibility index (Phi) is 10.6. The Morgan fingerprint density at radius 1 is 0.974 bits per heavy atom. The lowest BCUT2D eigenvalue weighted by Crippen LogP contribution is -2.52. The number of ether oxygens (including phenoxy) is 1. The lowest BCUT2D eigenvalue weighted by Gasteiger charge is -2.33. The van der Waals surface area contributed by atoms with E-state index in [-0.39, 0.29) is 17.3 Å². The molecule has 0 fully saturated rings. The summed E-state index contributed by atoms with van der Waals surface area (Å²) >= 11 is 12.5. The average Bonchev–Trinajstić information content (AvgIpc) is 2.93. The summed E-state index contributed by atoms with van der Waals surface area (Å²) < 4.78 is 33.8. The van der Waals surface area contributed by atoms with Gasteiger partial charge in [-0.25, -0.2) is 8.42 Å². The van der Waals surface area contributed by atoms with Gasteiger partial charge in [0.05, 0.1) is 17.7 Å². The van der Waals surface area contributed by atoms with Crippen molar-refractivity contribution in [1.29, 1.82) is 0 Å². The molecule has 0 saturated heterocycles. The summed E-state index contributed by atoms with van der Waals surface area (Å²) in [6.45, 7) is 3.38. The van der Waals surface area contributed by atoms with Crippen molar-refractivity contribution in [3.05, 3.63) is 88.4 Å². The van der Waals surface area contributed by atoms with Crippen LogP contribution in [0.25, 0.3) is 0 Å². The number of hydrogen-bond donors (Lipinski definition) is 1. The molecule has 1 N–H and O–H groups in total. The first kappa shape index (κ1) is 30.3. The van der Waals surface area contributed by atoms with Gasteiger partial charge in [0.2, 0.25) is 11.8 Å². The zero-order valence-corrected chi connectivity index (χ0v) is 24.3. The van der Waals surface area contributed by atoms with E-state index in [1.807, 2.05) is 0 Å². The fraction of sp³-hybridized carbons (Fsp3) is 0.286. The molecule has 0 aliphatic carbocycles. The Morgan fingerprint density at radius 2 is 1.64 bits per heavy atom. The minimum Gasteiger partial charge on any atom is -0.497 e. The first-order valence-electron chi connectivity index (χ1n) is 12.3. The number of rotatable bonds is 12. The molecule has 1 atom stereocenters. The fourth-order valence-corrected chi connectivity index (χ4v) is 5.93. The van der Waals surface area contributed by atoms with Crippen LogP contribution in [0, 0.1) is 0 Å². The SMILES string of the molecule is CCNC(=O)[C@H](CC)N(Cc1ccc(Cl)cc1Cl)C(=O)CN(c1ccccc1)S(=O)(=O)c1ccc(OC)cc1. The maximum Gasteiger partial charge on any atom is 0.264 e. The molecule has 0 heterocycles. The molecule has 0 aromatic heterocycles. The van der Waals surface area contributed by atoms with E-state index in [9.17, 15) is 18.0 Å². The van der Waals surface area contributed by atoms with Crippen LogP contribution < -0.4 is 14.4 Å². The molecule has 208 valence electrons. The third-order valence-corrected chi connectivity index (χ3v) is 8.44. The van der Waals surface area contributed by atoms with Gasteiger partial charge in [-0.05, 0) is 67.4 Å². The molecular formula is C28H31Cl2N3O5S. The molecule has 3 rings (SSSR count). The van der Waals surface area contributed by atoms with Gasteiger partial charge in [-0.15, -0.1) is 0 Å². The van der Waals surface area contributed by atoms with Crippen molar-refractivity contribution in [2.75, 3.05) is 24.5 Å². The van der Waals surface area contributed by atoms with E-state index in [2.05, 4.69) is 5.32 Å². The number of sulfonamides is 1. The minimum absolute atomic E-state index is 0.0111. The van der Waals surface area contributed by atoms with Crippen LogP contribution in [0.15, 0.2) is 77.7 Å². The van der Waals surface area contributed by atoms with Crippen LogP contribution in [0.2, 0.25) is 10.0 Å². The van der Waals surface area contributed by atoms with Crippen LogP contribution >= 0.6 is 23.2 Å². The number of halogens is 2. The summed E-state index contributed by atoms with van der Waals surface area (Å²) in [5.74, 6) is -0.419. The molecule has 2 amide bonds.